The van der Waals surface area contributed by atoms with Crippen LogP contribution in [0.25, 0.3) is 0 Å². The van der Waals surface area contributed by atoms with Crippen molar-refractivity contribution in [3.8, 4) is 12.3 Å². The van der Waals surface area contributed by atoms with Crippen LogP contribution in [0.5, 0.6) is 0 Å². The summed E-state index contributed by atoms with van der Waals surface area (Å²) in [6.45, 7) is 3.48. The van der Waals surface area contributed by atoms with Gasteiger partial charge in [0.15, 0.2) is 6.61 Å². The summed E-state index contributed by atoms with van der Waals surface area (Å²) >= 11 is 0. The van der Waals surface area contributed by atoms with E-state index in [9.17, 15) is 4.79 Å². The zero-order valence-electron chi connectivity index (χ0n) is 7.59. The lowest BCUT2D eigenvalue weighted by Crippen LogP contribution is -2.06. The third-order valence-electron chi connectivity index (χ3n) is 1.65. The molecular weight excluding hydrogens is 168 g/mol. The maximum absolute atomic E-state index is 11.3. The van der Waals surface area contributed by atoms with Crippen molar-refractivity contribution in [3.63, 3.8) is 0 Å². The zero-order valence-corrected chi connectivity index (χ0v) is 7.59. The predicted octanol–water partition coefficient (Wildman–Crippen LogP) is 1.69. The van der Waals surface area contributed by atoms with E-state index in [1.807, 2.05) is 0 Å². The average Bonchev–Trinajstić information content (AvgIpc) is 2.42. The van der Waals surface area contributed by atoms with E-state index in [1.165, 1.54) is 6.26 Å². The van der Waals surface area contributed by atoms with Gasteiger partial charge in [-0.05, 0) is 13.8 Å². The fourth-order valence-corrected chi connectivity index (χ4v) is 1.06. The molecule has 68 valence electrons. The molecule has 1 aromatic rings. The van der Waals surface area contributed by atoms with Crippen LogP contribution >= 0.6 is 0 Å². The minimum Gasteiger partial charge on any atom is -0.468 e. The van der Waals surface area contributed by atoms with Gasteiger partial charge in [-0.25, -0.2) is 4.79 Å². The standard InChI is InChI=1S/C10H10O3/c1-4-5-12-10(11)9-7(2)6-13-8(9)3/h1,6H,5H2,2-3H3. The van der Waals surface area contributed by atoms with Crippen molar-refractivity contribution in [1.29, 1.82) is 0 Å². The Labute approximate surface area is 76.7 Å². The molecule has 0 unspecified atom stereocenters. The largest absolute Gasteiger partial charge is 0.468 e. The fraction of sp³-hybridized carbons (Fsp3) is 0.300. The summed E-state index contributed by atoms with van der Waals surface area (Å²) < 4.78 is 9.81. The molecule has 3 heteroatoms. The van der Waals surface area contributed by atoms with Crippen LogP contribution in [0, 0.1) is 26.2 Å². The Kier molecular flexibility index (Phi) is 2.76. The van der Waals surface area contributed by atoms with Crippen LogP contribution in [0.1, 0.15) is 21.7 Å². The lowest BCUT2D eigenvalue weighted by Gasteiger charge is -1.99. The normalized spacial score (nSPS) is 9.31. The Bertz CT molecular complexity index is 335. The first kappa shape index (κ1) is 9.40. The number of aryl methyl sites for hydroxylation is 2. The minimum absolute atomic E-state index is 0.0110. The van der Waals surface area contributed by atoms with E-state index in [0.717, 1.165) is 5.56 Å². The quantitative estimate of drug-likeness (QED) is 0.511. The van der Waals surface area contributed by atoms with Gasteiger partial charge in [-0.3, -0.25) is 0 Å². The molecule has 0 N–H and O–H groups in total. The second-order valence-corrected chi connectivity index (χ2v) is 2.63. The van der Waals surface area contributed by atoms with E-state index in [0.29, 0.717) is 11.3 Å². The van der Waals surface area contributed by atoms with Crippen molar-refractivity contribution in [3.05, 3.63) is 23.2 Å². The molecule has 0 aliphatic rings. The SMILES string of the molecule is C#CCOC(=O)c1c(C)coc1C. The Morgan fingerprint density at radius 3 is 2.85 bits per heavy atom. The molecule has 0 spiro atoms. The van der Waals surface area contributed by atoms with Gasteiger partial charge in [0.05, 0.1) is 6.26 Å². The molecule has 0 fully saturated rings. The molecule has 0 aromatic carbocycles. The van der Waals surface area contributed by atoms with Gasteiger partial charge in [0.1, 0.15) is 11.3 Å². The smallest absolute Gasteiger partial charge is 0.342 e. The highest BCUT2D eigenvalue weighted by molar-refractivity contribution is 5.92. The second kappa shape index (κ2) is 3.81. The maximum atomic E-state index is 11.3. The first-order valence-corrected chi connectivity index (χ1v) is 3.82. The van der Waals surface area contributed by atoms with Gasteiger partial charge in [0, 0.05) is 5.56 Å². The number of rotatable bonds is 2. The molecule has 3 nitrogen and oxygen atoms in total. The molecule has 1 heterocycles. The molecule has 1 aromatic heterocycles. The van der Waals surface area contributed by atoms with E-state index in [4.69, 9.17) is 15.6 Å². The highest BCUT2D eigenvalue weighted by Crippen LogP contribution is 2.16. The number of esters is 1. The van der Waals surface area contributed by atoms with Crippen LogP contribution in [0.4, 0.5) is 0 Å². The molecule has 0 radical (unpaired) electrons. The molecule has 0 atom stereocenters. The first-order valence-electron chi connectivity index (χ1n) is 3.82. The number of carbonyl (C=O) groups is 1. The van der Waals surface area contributed by atoms with Crippen molar-refractivity contribution in [1.82, 2.24) is 0 Å². The minimum atomic E-state index is -0.429. The van der Waals surface area contributed by atoms with E-state index < -0.39 is 5.97 Å². The van der Waals surface area contributed by atoms with E-state index in [1.54, 1.807) is 13.8 Å². The Hall–Kier alpha value is -1.69. The van der Waals surface area contributed by atoms with Gasteiger partial charge in [0.2, 0.25) is 0 Å². The van der Waals surface area contributed by atoms with Gasteiger partial charge in [-0.15, -0.1) is 6.42 Å². The number of furan rings is 1. The van der Waals surface area contributed by atoms with Gasteiger partial charge >= 0.3 is 5.97 Å². The van der Waals surface area contributed by atoms with E-state index in [2.05, 4.69) is 5.92 Å². The zero-order chi connectivity index (χ0) is 9.84. The predicted molar refractivity (Wildman–Crippen MR) is 47.3 cm³/mol. The fourth-order valence-electron chi connectivity index (χ4n) is 1.06. The summed E-state index contributed by atoms with van der Waals surface area (Å²) in [4.78, 5) is 11.3. The first-order chi connectivity index (χ1) is 6.16. The van der Waals surface area contributed by atoms with Gasteiger partial charge < -0.3 is 9.15 Å². The summed E-state index contributed by atoms with van der Waals surface area (Å²) in [5, 5.41) is 0. The molecule has 1 rings (SSSR count). The van der Waals surface area contributed by atoms with Gasteiger partial charge in [-0.2, -0.15) is 0 Å². The van der Waals surface area contributed by atoms with Crippen LogP contribution < -0.4 is 0 Å². The molecular formula is C10H10O3. The number of terminal acetylenes is 1. The number of ether oxygens (including phenoxy) is 1. The summed E-state index contributed by atoms with van der Waals surface area (Å²) in [5.74, 6) is 2.35. The molecule has 0 bridgehead atoms. The topological polar surface area (TPSA) is 39.4 Å². The number of carbonyl (C=O) groups excluding carboxylic acids is 1. The van der Waals surface area contributed by atoms with Crippen molar-refractivity contribution in [2.45, 2.75) is 13.8 Å². The maximum Gasteiger partial charge on any atom is 0.342 e. The molecule has 0 saturated carbocycles. The Balaban J connectivity index is 2.83. The van der Waals surface area contributed by atoms with Crippen molar-refractivity contribution in [2.24, 2.45) is 0 Å². The third-order valence-corrected chi connectivity index (χ3v) is 1.65. The Morgan fingerprint density at radius 2 is 2.38 bits per heavy atom. The second-order valence-electron chi connectivity index (χ2n) is 2.63. The van der Waals surface area contributed by atoms with Crippen LogP contribution in [0.15, 0.2) is 10.7 Å². The molecule has 13 heavy (non-hydrogen) atoms. The lowest BCUT2D eigenvalue weighted by molar-refractivity contribution is 0.0554. The number of hydrogen-bond donors (Lipinski definition) is 0. The van der Waals surface area contributed by atoms with Crippen molar-refractivity contribution >= 4 is 5.97 Å². The van der Waals surface area contributed by atoms with Crippen LogP contribution in [0.2, 0.25) is 0 Å². The van der Waals surface area contributed by atoms with Crippen molar-refractivity contribution in [2.75, 3.05) is 6.61 Å². The van der Waals surface area contributed by atoms with Crippen LogP contribution in [-0.2, 0) is 4.74 Å². The van der Waals surface area contributed by atoms with Crippen LogP contribution in [0.3, 0.4) is 0 Å². The molecule has 0 amide bonds. The molecule has 0 aliphatic carbocycles. The summed E-state index contributed by atoms with van der Waals surface area (Å²) in [6.07, 6.45) is 6.47. The average molecular weight is 178 g/mol. The van der Waals surface area contributed by atoms with Crippen molar-refractivity contribution < 1.29 is 13.9 Å². The molecule has 0 aliphatic heterocycles. The number of hydrogen-bond acceptors (Lipinski definition) is 3. The summed E-state index contributed by atoms with van der Waals surface area (Å²) in [6, 6.07) is 0. The van der Waals surface area contributed by atoms with Gasteiger partial charge in [0.25, 0.3) is 0 Å². The Morgan fingerprint density at radius 1 is 1.69 bits per heavy atom. The van der Waals surface area contributed by atoms with Crippen LogP contribution in [-0.4, -0.2) is 12.6 Å². The summed E-state index contributed by atoms with van der Waals surface area (Å²) in [5.41, 5.74) is 1.23. The highest BCUT2D eigenvalue weighted by atomic mass is 16.5. The van der Waals surface area contributed by atoms with E-state index in [-0.39, 0.29) is 6.61 Å². The third kappa shape index (κ3) is 1.91. The highest BCUT2D eigenvalue weighted by Gasteiger charge is 2.16. The lowest BCUT2D eigenvalue weighted by atomic mass is 10.2. The monoisotopic (exact) mass is 178 g/mol. The van der Waals surface area contributed by atoms with E-state index >= 15 is 0 Å². The summed E-state index contributed by atoms with van der Waals surface area (Å²) in [7, 11) is 0. The molecule has 0 saturated heterocycles. The van der Waals surface area contributed by atoms with Gasteiger partial charge in [-0.1, -0.05) is 5.92 Å².